The van der Waals surface area contributed by atoms with Crippen LogP contribution in [0.25, 0.3) is 5.57 Å². The Morgan fingerprint density at radius 3 is 2.66 bits per heavy atom. The molecule has 4 N–H and O–H groups in total. The number of carbonyl (C=O) groups is 1. The van der Waals surface area contributed by atoms with E-state index in [1.165, 1.54) is 21.7 Å². The number of aryl methyl sites for hydroxylation is 2. The maximum absolute atomic E-state index is 12.7. The Balaban J connectivity index is 0.000000389. The van der Waals surface area contributed by atoms with Crippen LogP contribution in [0.15, 0.2) is 60.7 Å². The zero-order valence-electron chi connectivity index (χ0n) is 24.0. The zero-order chi connectivity index (χ0) is 29.8. The molecule has 4 rings (SSSR count). The molecule has 0 saturated carbocycles. The standard InChI is InChI=1S/C24H29ClN4O2.C5H12N2O2S/c1-3-31-15-23(30)28-24(22-14-27-16-29(22)2)21-12-17(6-4-5-11-26)7-8-18-9-10-19(25)13-20(18)21;1-10(8,9)7-4-2-6-3-5-7/h5-6,9-14,16,24H,3-4,7-8,15,26H2,1-2H3,(H,28,30);6H,2-5H2,1H3/b11-5-,17-6+;/t24-;/m1./s1. The summed E-state index contributed by atoms with van der Waals surface area (Å²) in [5.41, 5.74) is 10.8. The highest BCUT2D eigenvalue weighted by Crippen LogP contribution is 2.38. The van der Waals surface area contributed by atoms with Gasteiger partial charge in [0.1, 0.15) is 6.61 Å². The van der Waals surface area contributed by atoms with Crippen molar-refractivity contribution in [2.24, 2.45) is 12.8 Å². The van der Waals surface area contributed by atoms with Crippen molar-refractivity contribution >= 4 is 33.1 Å². The molecule has 1 aromatic heterocycles. The Bertz CT molecular complexity index is 1360. The SMILES string of the molecule is CCOCC(=O)N[C@H](C1=C/C(=C/C/C=C\N)CCc2ccc(Cl)cc21)c1cncn1C.CS(=O)(=O)N1CCNCC1. The maximum Gasteiger partial charge on any atom is 0.246 e. The Morgan fingerprint density at radius 2 is 2.05 bits per heavy atom. The van der Waals surface area contributed by atoms with E-state index in [2.05, 4.69) is 33.8 Å². The Kier molecular flexibility index (Phi) is 12.6. The van der Waals surface area contributed by atoms with Crippen LogP contribution in [-0.2, 0) is 33.0 Å². The highest BCUT2D eigenvalue weighted by Gasteiger charge is 2.27. The molecule has 1 atom stereocenters. The van der Waals surface area contributed by atoms with Gasteiger partial charge in [-0.1, -0.05) is 41.5 Å². The normalized spacial score (nSPS) is 17.8. The molecule has 12 heteroatoms. The summed E-state index contributed by atoms with van der Waals surface area (Å²) in [5, 5.41) is 6.88. The van der Waals surface area contributed by atoms with Crippen molar-refractivity contribution in [3.63, 3.8) is 0 Å². The number of halogens is 1. The molecule has 1 aliphatic carbocycles. The molecule has 2 aromatic rings. The van der Waals surface area contributed by atoms with Crippen molar-refractivity contribution in [2.45, 2.75) is 32.2 Å². The minimum absolute atomic E-state index is 0.00449. The number of aromatic nitrogens is 2. The molecule has 0 radical (unpaired) electrons. The number of nitrogens with two attached hydrogens (primary N) is 1. The predicted molar refractivity (Wildman–Crippen MR) is 164 cm³/mol. The molecule has 10 nitrogen and oxygen atoms in total. The average Bonchev–Trinajstić information content (AvgIpc) is 3.29. The van der Waals surface area contributed by atoms with Crippen molar-refractivity contribution in [1.29, 1.82) is 0 Å². The number of allylic oxidation sites excluding steroid dienone is 4. The van der Waals surface area contributed by atoms with Crippen LogP contribution in [0.1, 0.15) is 42.6 Å². The summed E-state index contributed by atoms with van der Waals surface area (Å²) in [4.78, 5) is 16.9. The van der Waals surface area contributed by atoms with Gasteiger partial charge in [0.2, 0.25) is 15.9 Å². The third-order valence-corrected chi connectivity index (χ3v) is 8.35. The van der Waals surface area contributed by atoms with E-state index in [-0.39, 0.29) is 12.5 Å². The largest absolute Gasteiger partial charge is 0.405 e. The van der Waals surface area contributed by atoms with Crippen LogP contribution < -0.4 is 16.4 Å². The highest BCUT2D eigenvalue weighted by molar-refractivity contribution is 7.88. The number of amides is 1. The second-order valence-electron chi connectivity index (χ2n) is 9.82. The number of rotatable bonds is 9. The lowest BCUT2D eigenvalue weighted by Gasteiger charge is -2.24. The molecule has 1 amide bonds. The first-order chi connectivity index (χ1) is 19.6. The molecule has 2 aliphatic rings. The predicted octanol–water partition coefficient (Wildman–Crippen LogP) is 2.94. The number of sulfonamides is 1. The minimum Gasteiger partial charge on any atom is -0.405 e. The number of piperazine rings is 1. The van der Waals surface area contributed by atoms with Gasteiger partial charge < -0.3 is 25.7 Å². The molecule has 0 spiro atoms. The number of hydrogen-bond acceptors (Lipinski definition) is 7. The smallest absolute Gasteiger partial charge is 0.246 e. The lowest BCUT2D eigenvalue weighted by atomic mass is 9.92. The van der Waals surface area contributed by atoms with Gasteiger partial charge in [-0.05, 0) is 61.2 Å². The van der Waals surface area contributed by atoms with E-state index in [1.54, 1.807) is 18.7 Å². The molecule has 2 heterocycles. The van der Waals surface area contributed by atoms with Crippen LogP contribution in [0, 0.1) is 0 Å². The number of carbonyl (C=O) groups excluding carboxylic acids is 1. The minimum atomic E-state index is -2.93. The van der Waals surface area contributed by atoms with Crippen molar-refractivity contribution in [2.75, 3.05) is 45.6 Å². The summed E-state index contributed by atoms with van der Waals surface area (Å²) >= 11 is 6.38. The molecule has 1 fully saturated rings. The number of ether oxygens (including phenoxy) is 1. The van der Waals surface area contributed by atoms with E-state index < -0.39 is 16.1 Å². The molecule has 224 valence electrons. The maximum atomic E-state index is 12.7. The van der Waals surface area contributed by atoms with E-state index in [0.717, 1.165) is 49.2 Å². The van der Waals surface area contributed by atoms with Gasteiger partial charge in [0.05, 0.1) is 30.5 Å². The van der Waals surface area contributed by atoms with E-state index in [1.807, 2.05) is 36.7 Å². The summed E-state index contributed by atoms with van der Waals surface area (Å²) in [6, 6.07) is 5.56. The van der Waals surface area contributed by atoms with Crippen molar-refractivity contribution in [3.8, 4) is 0 Å². The van der Waals surface area contributed by atoms with E-state index in [4.69, 9.17) is 22.1 Å². The van der Waals surface area contributed by atoms with E-state index in [9.17, 15) is 13.2 Å². The number of fused-ring (bicyclic) bond motifs is 1. The van der Waals surface area contributed by atoms with Gasteiger partial charge >= 0.3 is 0 Å². The van der Waals surface area contributed by atoms with Crippen LogP contribution in [-0.4, -0.2) is 73.8 Å². The van der Waals surface area contributed by atoms with E-state index >= 15 is 0 Å². The summed E-state index contributed by atoms with van der Waals surface area (Å²) < 4.78 is 30.5. The van der Waals surface area contributed by atoms with Crippen molar-refractivity contribution < 1.29 is 17.9 Å². The number of imidazole rings is 1. The molecule has 41 heavy (non-hydrogen) atoms. The summed E-state index contributed by atoms with van der Waals surface area (Å²) in [7, 11) is -1.01. The molecule has 1 aliphatic heterocycles. The fraction of sp³-hybridized carbons (Fsp3) is 0.448. The van der Waals surface area contributed by atoms with Gasteiger partial charge in [-0.15, -0.1) is 0 Å². The number of hydrogen-bond donors (Lipinski definition) is 3. The number of nitrogens with zero attached hydrogens (tertiary/aromatic N) is 3. The first-order valence-corrected chi connectivity index (χ1v) is 15.9. The fourth-order valence-electron chi connectivity index (χ4n) is 4.69. The van der Waals surface area contributed by atoms with Crippen LogP contribution in [0.3, 0.4) is 0 Å². The Labute approximate surface area is 248 Å². The monoisotopic (exact) mass is 604 g/mol. The zero-order valence-corrected chi connectivity index (χ0v) is 25.5. The third-order valence-electron chi connectivity index (χ3n) is 6.81. The van der Waals surface area contributed by atoms with Gasteiger partial charge in [0, 0.05) is 44.9 Å². The number of benzene rings is 1. The topological polar surface area (TPSA) is 132 Å². The first-order valence-electron chi connectivity index (χ1n) is 13.7. The fourth-order valence-corrected chi connectivity index (χ4v) is 5.71. The lowest BCUT2D eigenvalue weighted by molar-refractivity contribution is -0.126. The van der Waals surface area contributed by atoms with E-state index in [0.29, 0.717) is 24.7 Å². The van der Waals surface area contributed by atoms with Crippen molar-refractivity contribution in [3.05, 3.63) is 82.6 Å². The van der Waals surface area contributed by atoms with Gasteiger partial charge in [-0.3, -0.25) is 4.79 Å². The second kappa shape index (κ2) is 15.9. The van der Waals surface area contributed by atoms with Gasteiger partial charge in [0.15, 0.2) is 0 Å². The van der Waals surface area contributed by atoms with Crippen LogP contribution in [0.2, 0.25) is 5.02 Å². The molecule has 1 aromatic carbocycles. The lowest BCUT2D eigenvalue weighted by Crippen LogP contribution is -2.45. The molecule has 0 unspecified atom stereocenters. The highest BCUT2D eigenvalue weighted by atomic mass is 35.5. The summed E-state index contributed by atoms with van der Waals surface area (Å²) in [5.74, 6) is -0.182. The average molecular weight is 605 g/mol. The van der Waals surface area contributed by atoms with Gasteiger partial charge in [0.25, 0.3) is 0 Å². The van der Waals surface area contributed by atoms with Gasteiger partial charge in [-0.25, -0.2) is 13.4 Å². The Hall–Kier alpha value is -2.96. The molecular formula is C29H41ClN6O4S. The van der Waals surface area contributed by atoms with Crippen LogP contribution in [0.5, 0.6) is 0 Å². The number of nitrogens with one attached hydrogen (secondary N) is 2. The summed E-state index contributed by atoms with van der Waals surface area (Å²) in [6.45, 7) is 5.11. The van der Waals surface area contributed by atoms with Crippen LogP contribution >= 0.6 is 11.6 Å². The van der Waals surface area contributed by atoms with Crippen molar-refractivity contribution in [1.82, 2.24) is 24.5 Å². The Morgan fingerprint density at radius 1 is 1.29 bits per heavy atom. The summed E-state index contributed by atoms with van der Waals surface area (Å²) in [6.07, 6.45) is 15.1. The quantitative estimate of drug-likeness (QED) is 0.401. The second-order valence-corrected chi connectivity index (χ2v) is 12.2. The van der Waals surface area contributed by atoms with Crippen LogP contribution in [0.4, 0.5) is 0 Å². The molecular weight excluding hydrogens is 564 g/mol. The third kappa shape index (κ3) is 9.82. The molecule has 0 bridgehead atoms. The van der Waals surface area contributed by atoms with Gasteiger partial charge in [-0.2, -0.15) is 4.31 Å². The molecule has 1 saturated heterocycles. The first kappa shape index (κ1) is 32.6.